The van der Waals surface area contributed by atoms with Crippen molar-refractivity contribution in [2.24, 2.45) is 0 Å². The Morgan fingerprint density at radius 1 is 1.00 bits per heavy atom. The third kappa shape index (κ3) is 3.00. The normalized spacial score (nSPS) is 11.2. The number of benzene rings is 2. The minimum absolute atomic E-state index is 0.659. The fourth-order valence-corrected chi connectivity index (χ4v) is 3.98. The van der Waals surface area contributed by atoms with Crippen molar-refractivity contribution >= 4 is 39.5 Å². The van der Waals surface area contributed by atoms with E-state index < -0.39 is 0 Å². The highest BCUT2D eigenvalue weighted by Gasteiger charge is 2.10. The zero-order chi connectivity index (χ0) is 15.8. The number of nitrogens with zero attached hydrogens (tertiary/aromatic N) is 2. The standard InChI is InChI=1S/C18H12Cl2N2S/c19-14-7-6-13(16(20)9-14)8-15-10-22-11-17(21-18(22)23-15)12-4-2-1-3-5-12/h1-7,9-11H,8H2. The molecule has 2 aromatic carbocycles. The van der Waals surface area contributed by atoms with Crippen LogP contribution in [0, 0.1) is 0 Å². The van der Waals surface area contributed by atoms with Gasteiger partial charge in [-0.05, 0) is 17.7 Å². The zero-order valence-electron chi connectivity index (χ0n) is 12.0. The largest absolute Gasteiger partial charge is 0.297 e. The minimum atomic E-state index is 0.659. The average molecular weight is 359 g/mol. The summed E-state index contributed by atoms with van der Waals surface area (Å²) >= 11 is 13.9. The second-order valence-corrected chi connectivity index (χ2v) is 7.23. The van der Waals surface area contributed by atoms with E-state index in [0.29, 0.717) is 10.0 Å². The summed E-state index contributed by atoms with van der Waals surface area (Å²) in [6.45, 7) is 0. The van der Waals surface area contributed by atoms with E-state index in [4.69, 9.17) is 28.2 Å². The van der Waals surface area contributed by atoms with Crippen molar-refractivity contribution in [2.45, 2.75) is 6.42 Å². The number of imidazole rings is 1. The Morgan fingerprint density at radius 3 is 2.57 bits per heavy atom. The van der Waals surface area contributed by atoms with E-state index in [2.05, 4.69) is 28.9 Å². The second kappa shape index (κ2) is 6.00. The molecule has 2 nitrogen and oxygen atoms in total. The van der Waals surface area contributed by atoms with Gasteiger partial charge >= 0.3 is 0 Å². The number of hydrogen-bond donors (Lipinski definition) is 0. The molecule has 5 heteroatoms. The fourth-order valence-electron chi connectivity index (χ4n) is 2.53. The molecule has 2 aromatic heterocycles. The molecule has 23 heavy (non-hydrogen) atoms. The number of fused-ring (bicyclic) bond motifs is 1. The third-order valence-corrected chi connectivity index (χ3v) is 5.24. The predicted octanol–water partition coefficient (Wildman–Crippen LogP) is 5.96. The van der Waals surface area contributed by atoms with Crippen LogP contribution in [-0.4, -0.2) is 9.38 Å². The first-order chi connectivity index (χ1) is 11.2. The number of rotatable bonds is 3. The van der Waals surface area contributed by atoms with Crippen LogP contribution < -0.4 is 0 Å². The van der Waals surface area contributed by atoms with Crippen molar-refractivity contribution in [1.29, 1.82) is 0 Å². The summed E-state index contributed by atoms with van der Waals surface area (Å²) < 4.78 is 2.08. The van der Waals surface area contributed by atoms with Gasteiger partial charge in [-0.15, -0.1) is 11.3 Å². The summed E-state index contributed by atoms with van der Waals surface area (Å²) in [6, 6.07) is 15.8. The van der Waals surface area contributed by atoms with Gasteiger partial charge in [-0.1, -0.05) is 59.6 Å². The minimum Gasteiger partial charge on any atom is -0.297 e. The van der Waals surface area contributed by atoms with Crippen molar-refractivity contribution in [1.82, 2.24) is 9.38 Å². The van der Waals surface area contributed by atoms with Gasteiger partial charge in [-0.3, -0.25) is 4.40 Å². The fraction of sp³-hybridized carbons (Fsp3) is 0.0556. The quantitative estimate of drug-likeness (QED) is 0.441. The van der Waals surface area contributed by atoms with Crippen LogP contribution in [0.25, 0.3) is 16.2 Å². The van der Waals surface area contributed by atoms with E-state index in [1.165, 1.54) is 4.88 Å². The van der Waals surface area contributed by atoms with E-state index in [1.807, 2.05) is 30.3 Å². The van der Waals surface area contributed by atoms with Gasteiger partial charge in [0.15, 0.2) is 4.96 Å². The molecule has 0 radical (unpaired) electrons. The Kier molecular flexibility index (Phi) is 3.85. The van der Waals surface area contributed by atoms with Gasteiger partial charge < -0.3 is 0 Å². The van der Waals surface area contributed by atoms with Crippen LogP contribution in [0.15, 0.2) is 60.9 Å². The molecular formula is C18H12Cl2N2S. The summed E-state index contributed by atoms with van der Waals surface area (Å²) in [6.07, 6.45) is 4.96. The molecule has 4 rings (SSSR count). The van der Waals surface area contributed by atoms with Crippen molar-refractivity contribution < 1.29 is 0 Å². The van der Waals surface area contributed by atoms with Crippen LogP contribution in [0.5, 0.6) is 0 Å². The number of halogens is 2. The van der Waals surface area contributed by atoms with Gasteiger partial charge in [0.1, 0.15) is 0 Å². The monoisotopic (exact) mass is 358 g/mol. The summed E-state index contributed by atoms with van der Waals surface area (Å²) in [4.78, 5) is 6.92. The highest BCUT2D eigenvalue weighted by Crippen LogP contribution is 2.28. The molecule has 0 atom stereocenters. The van der Waals surface area contributed by atoms with Gasteiger partial charge in [-0.2, -0.15) is 0 Å². The highest BCUT2D eigenvalue weighted by molar-refractivity contribution is 7.17. The lowest BCUT2D eigenvalue weighted by atomic mass is 10.1. The molecule has 0 aliphatic rings. The van der Waals surface area contributed by atoms with Crippen LogP contribution in [0.2, 0.25) is 10.0 Å². The molecule has 2 heterocycles. The molecule has 0 amide bonds. The first kappa shape index (κ1) is 14.8. The lowest BCUT2D eigenvalue weighted by Gasteiger charge is -2.02. The Hall–Kier alpha value is -1.81. The SMILES string of the molecule is Clc1ccc(Cc2cn3cc(-c4ccccc4)nc3s2)c(Cl)c1. The topological polar surface area (TPSA) is 17.3 Å². The lowest BCUT2D eigenvalue weighted by molar-refractivity contribution is 1.16. The summed E-state index contributed by atoms with van der Waals surface area (Å²) in [7, 11) is 0. The number of thiazole rings is 1. The summed E-state index contributed by atoms with van der Waals surface area (Å²) in [5.41, 5.74) is 3.20. The lowest BCUT2D eigenvalue weighted by Crippen LogP contribution is -1.86. The average Bonchev–Trinajstić information content (AvgIpc) is 3.09. The van der Waals surface area contributed by atoms with Crippen LogP contribution in [0.1, 0.15) is 10.4 Å². The van der Waals surface area contributed by atoms with Crippen molar-refractivity contribution in [3.8, 4) is 11.3 Å². The van der Waals surface area contributed by atoms with Crippen LogP contribution >= 0.6 is 34.5 Å². The van der Waals surface area contributed by atoms with Crippen molar-refractivity contribution in [3.05, 3.63) is 81.4 Å². The molecule has 114 valence electrons. The molecule has 0 saturated heterocycles. The van der Waals surface area contributed by atoms with Crippen LogP contribution in [0.4, 0.5) is 0 Å². The maximum absolute atomic E-state index is 6.26. The Labute approximate surface area is 147 Å². The second-order valence-electron chi connectivity index (χ2n) is 5.29. The molecule has 0 bridgehead atoms. The first-order valence-corrected chi connectivity index (χ1v) is 8.73. The molecule has 0 aliphatic carbocycles. The smallest absolute Gasteiger partial charge is 0.194 e. The molecule has 0 aliphatic heterocycles. The van der Waals surface area contributed by atoms with Crippen LogP contribution in [-0.2, 0) is 6.42 Å². The Bertz CT molecular complexity index is 942. The number of aromatic nitrogens is 2. The summed E-state index contributed by atoms with van der Waals surface area (Å²) in [5, 5.41) is 1.36. The molecule has 0 spiro atoms. The van der Waals surface area contributed by atoms with Gasteiger partial charge in [0.2, 0.25) is 0 Å². The van der Waals surface area contributed by atoms with Gasteiger partial charge in [0, 0.05) is 39.3 Å². The van der Waals surface area contributed by atoms with E-state index >= 15 is 0 Å². The van der Waals surface area contributed by atoms with E-state index in [0.717, 1.165) is 28.2 Å². The molecule has 0 fully saturated rings. The molecule has 0 N–H and O–H groups in total. The molecule has 0 saturated carbocycles. The van der Waals surface area contributed by atoms with Gasteiger partial charge in [0.25, 0.3) is 0 Å². The molecular weight excluding hydrogens is 347 g/mol. The predicted molar refractivity (Wildman–Crippen MR) is 97.8 cm³/mol. The van der Waals surface area contributed by atoms with Crippen LogP contribution in [0.3, 0.4) is 0 Å². The first-order valence-electron chi connectivity index (χ1n) is 7.16. The zero-order valence-corrected chi connectivity index (χ0v) is 14.4. The molecule has 4 aromatic rings. The Morgan fingerprint density at radius 2 is 1.83 bits per heavy atom. The van der Waals surface area contributed by atoms with Crippen molar-refractivity contribution in [3.63, 3.8) is 0 Å². The third-order valence-electron chi connectivity index (χ3n) is 3.65. The van der Waals surface area contributed by atoms with Gasteiger partial charge in [0.05, 0.1) is 5.69 Å². The molecule has 0 unspecified atom stereocenters. The maximum Gasteiger partial charge on any atom is 0.194 e. The maximum atomic E-state index is 6.26. The van der Waals surface area contributed by atoms with E-state index in [1.54, 1.807) is 17.4 Å². The van der Waals surface area contributed by atoms with E-state index in [9.17, 15) is 0 Å². The summed E-state index contributed by atoms with van der Waals surface area (Å²) in [5.74, 6) is 0. The Balaban J connectivity index is 1.64. The highest BCUT2D eigenvalue weighted by atomic mass is 35.5. The van der Waals surface area contributed by atoms with Crippen molar-refractivity contribution in [2.75, 3.05) is 0 Å². The van der Waals surface area contributed by atoms with Gasteiger partial charge in [-0.25, -0.2) is 4.98 Å². The number of hydrogen-bond acceptors (Lipinski definition) is 2. The van der Waals surface area contributed by atoms with E-state index in [-0.39, 0.29) is 0 Å².